The van der Waals surface area contributed by atoms with Crippen LogP contribution in [0.5, 0.6) is 0 Å². The maximum Gasteiger partial charge on any atom is 0.490 e. The van der Waals surface area contributed by atoms with E-state index in [9.17, 15) is 46.7 Å². The number of nitrogens with two attached hydrogens (primary N) is 1. The number of carbonyl (C=O) groups is 8. The molecule has 4 aromatic rings. The minimum Gasteiger partial charge on any atom is -0.475 e. The highest BCUT2D eigenvalue weighted by Gasteiger charge is 2.39. The quantitative estimate of drug-likeness (QED) is 0.0585. The van der Waals surface area contributed by atoms with Gasteiger partial charge in [0.25, 0.3) is 0 Å². The number of amides is 5. The number of benzene rings is 4. The lowest BCUT2D eigenvalue weighted by atomic mass is 9.83. The molecule has 16 nitrogen and oxygen atoms in total. The van der Waals surface area contributed by atoms with E-state index in [0.29, 0.717) is 73.1 Å². The first-order valence-electron chi connectivity index (χ1n) is 22.6. The average molecular weight is 956 g/mol. The Morgan fingerprint density at radius 1 is 0.754 bits per heavy atom. The Balaban J connectivity index is 0.00000118. The fraction of sp³-hybridized carbons (Fsp3) is 0.360. The molecule has 69 heavy (non-hydrogen) atoms. The second-order valence-electron chi connectivity index (χ2n) is 16.7. The van der Waals surface area contributed by atoms with Gasteiger partial charge in [-0.2, -0.15) is 13.2 Å². The number of alkyl halides is 3. The number of aliphatic carboxylic acids is 1. The van der Waals surface area contributed by atoms with Crippen LogP contribution in [-0.2, 0) is 41.6 Å². The molecule has 4 aromatic carbocycles. The molecule has 2 aliphatic rings. The molecule has 1 fully saturated rings. The molecule has 0 bridgehead atoms. The third-order valence-electron chi connectivity index (χ3n) is 11.8. The van der Waals surface area contributed by atoms with Crippen molar-refractivity contribution in [3.63, 3.8) is 0 Å². The van der Waals surface area contributed by atoms with E-state index >= 15 is 0 Å². The SMILES string of the molecule is CC[C@H](C)[C@H](NC(=O)[C@@H](N)Cc1ccccc1)C(=O)NCC(=O)N[C@@H](Cc1ccccc1)C(=O)N1CCC[C@H]1C(=O)NCCCNc1cccc2c1C(=O)c1ccccc1C2=O.O=C(O)C(F)(F)F. The average Bonchev–Trinajstić information content (AvgIpc) is 3.84. The highest BCUT2D eigenvalue weighted by molar-refractivity contribution is 6.30. The van der Waals surface area contributed by atoms with E-state index in [4.69, 9.17) is 15.6 Å². The molecular formula is C50H56F3N7O9. The highest BCUT2D eigenvalue weighted by atomic mass is 19.4. The summed E-state index contributed by atoms with van der Waals surface area (Å²) < 4.78 is 31.7. The second kappa shape index (κ2) is 24.6. The minimum absolute atomic E-state index is 0.156. The van der Waals surface area contributed by atoms with Gasteiger partial charge in [0, 0.05) is 48.4 Å². The van der Waals surface area contributed by atoms with Crippen LogP contribution in [0.15, 0.2) is 103 Å². The van der Waals surface area contributed by atoms with Crippen molar-refractivity contribution in [2.75, 3.05) is 31.5 Å². The van der Waals surface area contributed by atoms with E-state index in [1.54, 1.807) is 42.5 Å². The van der Waals surface area contributed by atoms with E-state index in [-0.39, 0.29) is 36.4 Å². The van der Waals surface area contributed by atoms with Gasteiger partial charge in [-0.15, -0.1) is 0 Å². The van der Waals surface area contributed by atoms with Gasteiger partial charge < -0.3 is 42.3 Å². The fourth-order valence-electron chi connectivity index (χ4n) is 7.93. The van der Waals surface area contributed by atoms with Crippen LogP contribution >= 0.6 is 0 Å². The van der Waals surface area contributed by atoms with E-state index < -0.39 is 66.5 Å². The number of nitrogens with zero attached hydrogens (tertiary/aromatic N) is 1. The summed E-state index contributed by atoms with van der Waals surface area (Å²) in [4.78, 5) is 105. The topological polar surface area (TPSA) is 246 Å². The van der Waals surface area contributed by atoms with E-state index in [1.165, 1.54) is 4.90 Å². The van der Waals surface area contributed by atoms with Crippen LogP contribution in [0, 0.1) is 5.92 Å². The first kappa shape index (κ1) is 52.6. The molecule has 0 unspecified atom stereocenters. The number of hydrogen-bond donors (Lipinski definition) is 7. The van der Waals surface area contributed by atoms with Crippen molar-refractivity contribution in [1.29, 1.82) is 0 Å². The van der Waals surface area contributed by atoms with Crippen LogP contribution in [0.2, 0.25) is 0 Å². The maximum atomic E-state index is 14.2. The second-order valence-corrected chi connectivity index (χ2v) is 16.7. The molecule has 5 amide bonds. The van der Waals surface area contributed by atoms with Crippen LogP contribution in [0.25, 0.3) is 0 Å². The Kier molecular flexibility index (Phi) is 18.7. The number of anilines is 1. The zero-order chi connectivity index (χ0) is 50.3. The lowest BCUT2D eigenvalue weighted by Crippen LogP contribution is -2.57. The summed E-state index contributed by atoms with van der Waals surface area (Å²) in [7, 11) is 0. The largest absolute Gasteiger partial charge is 0.490 e. The first-order valence-corrected chi connectivity index (χ1v) is 22.6. The summed E-state index contributed by atoms with van der Waals surface area (Å²) in [6.07, 6.45) is -2.52. The molecule has 6 rings (SSSR count). The number of ketones is 2. The molecule has 0 spiro atoms. The highest BCUT2D eigenvalue weighted by Crippen LogP contribution is 2.32. The molecule has 366 valence electrons. The molecule has 8 N–H and O–H groups in total. The monoisotopic (exact) mass is 955 g/mol. The molecule has 0 aromatic heterocycles. The number of fused-ring (bicyclic) bond motifs is 2. The summed E-state index contributed by atoms with van der Waals surface area (Å²) in [6.45, 7) is 4.29. The normalized spacial score (nSPS) is 15.7. The van der Waals surface area contributed by atoms with Crippen molar-refractivity contribution in [3.05, 3.63) is 137 Å². The lowest BCUT2D eigenvalue weighted by molar-refractivity contribution is -0.192. The van der Waals surface area contributed by atoms with Crippen LogP contribution in [0.1, 0.15) is 82.5 Å². The molecule has 0 saturated carbocycles. The number of nitrogens with one attached hydrogen (secondary N) is 5. The zero-order valence-electron chi connectivity index (χ0n) is 38.1. The summed E-state index contributed by atoms with van der Waals surface area (Å²) in [5.41, 5.74) is 9.85. The molecule has 5 atom stereocenters. The fourth-order valence-corrected chi connectivity index (χ4v) is 7.93. The summed E-state index contributed by atoms with van der Waals surface area (Å²) in [5.74, 6) is -5.82. The van der Waals surface area contributed by atoms with Gasteiger partial charge in [-0.05, 0) is 48.8 Å². The Bertz CT molecular complexity index is 2490. The van der Waals surface area contributed by atoms with Crippen molar-refractivity contribution < 1.29 is 56.6 Å². The zero-order valence-corrected chi connectivity index (χ0v) is 38.1. The lowest BCUT2D eigenvalue weighted by Gasteiger charge is -2.29. The summed E-state index contributed by atoms with van der Waals surface area (Å²) in [6, 6.07) is 26.8. The van der Waals surface area contributed by atoms with Crippen molar-refractivity contribution in [1.82, 2.24) is 26.2 Å². The summed E-state index contributed by atoms with van der Waals surface area (Å²) >= 11 is 0. The number of likely N-dealkylation sites (tertiary alicyclic amines) is 1. The molecule has 0 radical (unpaired) electrons. The number of carboxylic acids is 1. The maximum absolute atomic E-state index is 14.2. The van der Waals surface area contributed by atoms with Gasteiger partial charge in [-0.1, -0.05) is 117 Å². The van der Waals surface area contributed by atoms with Crippen molar-refractivity contribution >= 4 is 52.8 Å². The van der Waals surface area contributed by atoms with Gasteiger partial charge in [-0.25, -0.2) is 4.79 Å². The predicted octanol–water partition coefficient (Wildman–Crippen LogP) is 3.95. The Labute approximate surface area is 397 Å². The molecule has 1 heterocycles. The number of carboxylic acid groups (broad SMARTS) is 1. The van der Waals surface area contributed by atoms with E-state index in [2.05, 4.69) is 26.6 Å². The smallest absolute Gasteiger partial charge is 0.475 e. The van der Waals surface area contributed by atoms with Gasteiger partial charge in [0.1, 0.15) is 18.1 Å². The van der Waals surface area contributed by atoms with Gasteiger partial charge in [0.05, 0.1) is 18.2 Å². The Morgan fingerprint density at radius 3 is 1.94 bits per heavy atom. The number of halogens is 3. The molecule has 1 aliphatic heterocycles. The predicted molar refractivity (Wildman–Crippen MR) is 249 cm³/mol. The number of hydrogen-bond acceptors (Lipinski definition) is 10. The van der Waals surface area contributed by atoms with Gasteiger partial charge in [0.2, 0.25) is 29.5 Å². The molecular weight excluding hydrogens is 900 g/mol. The van der Waals surface area contributed by atoms with Crippen LogP contribution in [-0.4, -0.2) is 114 Å². The third-order valence-corrected chi connectivity index (χ3v) is 11.8. The molecule has 1 saturated heterocycles. The first-order chi connectivity index (χ1) is 32.9. The van der Waals surface area contributed by atoms with Crippen molar-refractivity contribution in [3.8, 4) is 0 Å². The summed E-state index contributed by atoms with van der Waals surface area (Å²) in [5, 5.41) is 21.5. The minimum atomic E-state index is -5.08. The van der Waals surface area contributed by atoms with Crippen LogP contribution < -0.4 is 32.3 Å². The van der Waals surface area contributed by atoms with Crippen molar-refractivity contribution in [2.24, 2.45) is 11.7 Å². The number of carbonyl (C=O) groups excluding carboxylic acids is 7. The van der Waals surface area contributed by atoms with Crippen molar-refractivity contribution in [2.45, 2.75) is 82.7 Å². The molecule has 19 heteroatoms. The molecule has 1 aliphatic carbocycles. The van der Waals surface area contributed by atoms with Crippen LogP contribution in [0.4, 0.5) is 18.9 Å². The van der Waals surface area contributed by atoms with Gasteiger partial charge >= 0.3 is 12.1 Å². The number of rotatable bonds is 19. The van der Waals surface area contributed by atoms with Gasteiger partial charge in [0.15, 0.2) is 11.6 Å². The van der Waals surface area contributed by atoms with Gasteiger partial charge in [-0.3, -0.25) is 33.6 Å². The van der Waals surface area contributed by atoms with E-state index in [0.717, 1.165) is 11.1 Å². The van der Waals surface area contributed by atoms with Crippen LogP contribution in [0.3, 0.4) is 0 Å². The van der Waals surface area contributed by atoms with E-state index in [1.807, 2.05) is 74.5 Å². The third kappa shape index (κ3) is 14.3. The standard InChI is InChI=1S/C48H55N7O7.C2HF3O2/c1-3-30(2)42(54-45(59)36(49)27-31-15-6-4-7-16-31)47(61)52-29-40(56)53-38(28-32-17-8-5-9-18-32)48(62)55-26-13-23-39(55)46(60)51-25-14-24-50-37-22-12-21-35-41(37)44(58)34-20-11-10-19-33(34)43(35)57;3-2(4,5)1(6)7/h4-12,15-22,30,36,38-39,42,50H,3,13-14,23-29,49H2,1-2H3,(H,51,60)(H,52,61)(H,53,56)(H,54,59);(H,6,7)/t30-,36-,38-,39-,42-;/m0./s1. The Hall–Kier alpha value is -7.41. The Morgan fingerprint density at radius 2 is 1.33 bits per heavy atom.